The molecule has 3 heteroatoms. The highest BCUT2D eigenvalue weighted by Gasteiger charge is 2.41. The number of hydrogen-bond acceptors (Lipinski definition) is 2. The van der Waals surface area contributed by atoms with Crippen molar-refractivity contribution in [3.8, 4) is 44.5 Å². The lowest BCUT2D eigenvalue weighted by Crippen LogP contribution is -2.59. The summed E-state index contributed by atoms with van der Waals surface area (Å²) >= 11 is 0. The van der Waals surface area contributed by atoms with E-state index >= 15 is 0 Å². The van der Waals surface area contributed by atoms with Gasteiger partial charge >= 0.3 is 6.85 Å². The first kappa shape index (κ1) is 21.2. The zero-order valence-corrected chi connectivity index (χ0v) is 20.8. The molecule has 6 aromatic rings. The Balaban J connectivity index is 1.34. The average molecular weight is 482 g/mol. The molecule has 0 saturated carbocycles. The number of benzene rings is 5. The fourth-order valence-electron chi connectivity index (χ4n) is 6.29. The van der Waals surface area contributed by atoms with Crippen LogP contribution in [0.4, 0.5) is 11.4 Å². The first-order chi connectivity index (χ1) is 18.9. The molecule has 38 heavy (non-hydrogen) atoms. The van der Waals surface area contributed by atoms with E-state index in [4.69, 9.17) is 0 Å². The Hall–Kier alpha value is -4.89. The third kappa shape index (κ3) is 3.12. The van der Waals surface area contributed by atoms with Crippen LogP contribution in [0.1, 0.15) is 0 Å². The van der Waals surface area contributed by atoms with E-state index in [1.165, 1.54) is 66.8 Å². The largest absolute Gasteiger partial charge is 0.376 e. The standard InChI is InChI=1S/C35H23BN2/c1-4-13-32-28(10-1)30-12-3-6-15-34(30)38-35-17-16-27(23-31(35)29-11-2-5-14-33(29)36(32)38)26-9-7-8-25(22-26)24-18-20-37-21-19-24/h1-23H. The summed E-state index contributed by atoms with van der Waals surface area (Å²) in [5.74, 6) is 0. The maximum atomic E-state index is 4.18. The Kier molecular flexibility index (Phi) is 4.65. The summed E-state index contributed by atoms with van der Waals surface area (Å²) in [7, 11) is 0. The number of para-hydroxylation sites is 1. The zero-order chi connectivity index (χ0) is 25.1. The van der Waals surface area contributed by atoms with Gasteiger partial charge in [0.05, 0.1) is 0 Å². The first-order valence-electron chi connectivity index (χ1n) is 13.1. The first-order valence-corrected chi connectivity index (χ1v) is 13.1. The highest BCUT2D eigenvalue weighted by molar-refractivity contribution is 6.92. The van der Waals surface area contributed by atoms with Gasteiger partial charge in [0.15, 0.2) is 0 Å². The summed E-state index contributed by atoms with van der Waals surface area (Å²) in [6.07, 6.45) is 3.70. The van der Waals surface area contributed by atoms with Crippen LogP contribution < -0.4 is 15.7 Å². The molecule has 0 spiro atoms. The van der Waals surface area contributed by atoms with Crippen LogP contribution >= 0.6 is 0 Å². The fourth-order valence-corrected chi connectivity index (χ4v) is 6.29. The lowest BCUT2D eigenvalue weighted by Gasteiger charge is -2.43. The molecule has 5 aromatic carbocycles. The van der Waals surface area contributed by atoms with Gasteiger partial charge in [-0.1, -0.05) is 91.0 Å². The van der Waals surface area contributed by atoms with Crippen LogP contribution in [0, 0.1) is 0 Å². The molecule has 0 N–H and O–H groups in total. The summed E-state index contributed by atoms with van der Waals surface area (Å²) in [5.41, 5.74) is 15.2. The van der Waals surface area contributed by atoms with E-state index in [0.29, 0.717) is 0 Å². The van der Waals surface area contributed by atoms with Crippen LogP contribution in [-0.2, 0) is 0 Å². The molecule has 8 rings (SSSR count). The molecule has 176 valence electrons. The highest BCUT2D eigenvalue weighted by atomic mass is 15.1. The molecular weight excluding hydrogens is 459 g/mol. The fraction of sp³-hybridized carbons (Fsp3) is 0. The molecule has 0 radical (unpaired) electrons. The van der Waals surface area contributed by atoms with E-state index in [1.807, 2.05) is 12.4 Å². The SMILES string of the molecule is c1cc(-c2ccncc2)cc(-c2ccc3c(c2)-c2ccccc2B2c4ccccc4-c4ccccc4N23)c1. The summed E-state index contributed by atoms with van der Waals surface area (Å²) in [6.45, 7) is 0.144. The molecular formula is C35H23BN2. The van der Waals surface area contributed by atoms with Crippen molar-refractivity contribution in [2.75, 3.05) is 4.81 Å². The van der Waals surface area contributed by atoms with Crippen molar-refractivity contribution in [3.05, 3.63) is 140 Å². The predicted molar refractivity (Wildman–Crippen MR) is 160 cm³/mol. The second kappa shape index (κ2) is 8.32. The van der Waals surface area contributed by atoms with E-state index < -0.39 is 0 Å². The van der Waals surface area contributed by atoms with Gasteiger partial charge in [0, 0.05) is 34.9 Å². The Morgan fingerprint density at radius 1 is 0.421 bits per heavy atom. The predicted octanol–water partition coefficient (Wildman–Crippen LogP) is 7.32. The molecule has 0 fully saturated rings. The Bertz CT molecular complexity index is 1840. The topological polar surface area (TPSA) is 16.1 Å². The van der Waals surface area contributed by atoms with Crippen molar-refractivity contribution in [3.63, 3.8) is 0 Å². The quantitative estimate of drug-likeness (QED) is 0.241. The molecule has 1 aromatic heterocycles. The second-order valence-electron chi connectivity index (χ2n) is 10.0. The third-order valence-electron chi connectivity index (χ3n) is 7.98. The van der Waals surface area contributed by atoms with Gasteiger partial charge in [0.25, 0.3) is 0 Å². The Morgan fingerprint density at radius 3 is 1.76 bits per heavy atom. The molecule has 3 heterocycles. The van der Waals surface area contributed by atoms with Gasteiger partial charge in [0.1, 0.15) is 0 Å². The summed E-state index contributed by atoms with van der Waals surface area (Å²) < 4.78 is 0. The van der Waals surface area contributed by atoms with E-state index in [9.17, 15) is 0 Å². The number of hydrogen-bond donors (Lipinski definition) is 0. The Morgan fingerprint density at radius 2 is 1.00 bits per heavy atom. The molecule has 0 atom stereocenters. The minimum atomic E-state index is 0.144. The van der Waals surface area contributed by atoms with Gasteiger partial charge in [0.2, 0.25) is 0 Å². The Labute approximate surface area is 223 Å². The van der Waals surface area contributed by atoms with Crippen molar-refractivity contribution in [1.29, 1.82) is 0 Å². The smallest absolute Gasteiger partial charge is 0.329 e. The molecule has 0 bridgehead atoms. The van der Waals surface area contributed by atoms with Crippen molar-refractivity contribution < 1.29 is 0 Å². The molecule has 2 aliphatic rings. The van der Waals surface area contributed by atoms with Gasteiger partial charge in [-0.25, -0.2) is 0 Å². The number of pyridine rings is 1. The number of fused-ring (bicyclic) bond motifs is 11. The van der Waals surface area contributed by atoms with Crippen LogP contribution in [0.2, 0.25) is 0 Å². The number of nitrogens with zero attached hydrogens (tertiary/aromatic N) is 2. The summed E-state index contributed by atoms with van der Waals surface area (Å²) in [6, 6.07) is 46.5. The second-order valence-corrected chi connectivity index (χ2v) is 10.0. The lowest BCUT2D eigenvalue weighted by atomic mass is 9.43. The van der Waals surface area contributed by atoms with Crippen molar-refractivity contribution in [1.82, 2.24) is 4.98 Å². The van der Waals surface area contributed by atoms with Gasteiger partial charge in [-0.2, -0.15) is 0 Å². The number of aromatic nitrogens is 1. The van der Waals surface area contributed by atoms with Crippen LogP contribution in [0.3, 0.4) is 0 Å². The van der Waals surface area contributed by atoms with E-state index in [0.717, 1.165) is 0 Å². The van der Waals surface area contributed by atoms with Crippen molar-refractivity contribution >= 4 is 29.1 Å². The van der Waals surface area contributed by atoms with Crippen molar-refractivity contribution in [2.45, 2.75) is 0 Å². The van der Waals surface area contributed by atoms with Gasteiger partial charge < -0.3 is 4.81 Å². The van der Waals surface area contributed by atoms with Gasteiger partial charge in [-0.05, 0) is 80.7 Å². The maximum absolute atomic E-state index is 4.18. The van der Waals surface area contributed by atoms with Gasteiger partial charge in [-0.15, -0.1) is 0 Å². The minimum Gasteiger partial charge on any atom is -0.376 e. The lowest BCUT2D eigenvalue weighted by molar-refractivity contribution is 1.33. The van der Waals surface area contributed by atoms with E-state index in [1.54, 1.807) is 0 Å². The third-order valence-corrected chi connectivity index (χ3v) is 7.98. The van der Waals surface area contributed by atoms with Gasteiger partial charge in [-0.3, -0.25) is 4.98 Å². The number of anilines is 2. The average Bonchev–Trinajstić information content (AvgIpc) is 3.01. The van der Waals surface area contributed by atoms with E-state index in [-0.39, 0.29) is 6.85 Å². The van der Waals surface area contributed by atoms with Crippen LogP contribution in [0.15, 0.2) is 140 Å². The highest BCUT2D eigenvalue weighted by Crippen LogP contribution is 2.46. The molecule has 2 aliphatic heterocycles. The van der Waals surface area contributed by atoms with Crippen LogP contribution in [0.5, 0.6) is 0 Å². The molecule has 2 nitrogen and oxygen atoms in total. The summed E-state index contributed by atoms with van der Waals surface area (Å²) in [5, 5.41) is 0. The van der Waals surface area contributed by atoms with Crippen LogP contribution in [-0.4, -0.2) is 11.8 Å². The molecule has 0 saturated heterocycles. The maximum Gasteiger partial charge on any atom is 0.329 e. The summed E-state index contributed by atoms with van der Waals surface area (Å²) in [4.78, 5) is 6.73. The zero-order valence-electron chi connectivity index (χ0n) is 20.8. The van der Waals surface area contributed by atoms with Crippen molar-refractivity contribution in [2.24, 2.45) is 0 Å². The normalized spacial score (nSPS) is 12.6. The molecule has 0 unspecified atom stereocenters. The number of rotatable bonds is 2. The monoisotopic (exact) mass is 482 g/mol. The van der Waals surface area contributed by atoms with Crippen LogP contribution in [0.25, 0.3) is 44.5 Å². The minimum absolute atomic E-state index is 0.144. The molecule has 0 aliphatic carbocycles. The van der Waals surface area contributed by atoms with E-state index in [2.05, 4.69) is 137 Å². The molecule has 0 amide bonds.